The van der Waals surface area contributed by atoms with Gasteiger partial charge in [0.1, 0.15) is 5.82 Å². The molecule has 2 amide bonds. The number of urea groups is 1. The van der Waals surface area contributed by atoms with Crippen molar-refractivity contribution in [1.82, 2.24) is 15.1 Å². The largest absolute Gasteiger partial charge is 0.369 e. The second-order valence-electron chi connectivity index (χ2n) is 7.50. The minimum absolute atomic E-state index is 0.230. The summed E-state index contributed by atoms with van der Waals surface area (Å²) < 4.78 is 16.4. The molecule has 1 saturated heterocycles. The van der Waals surface area contributed by atoms with Crippen molar-refractivity contribution in [2.45, 2.75) is 32.2 Å². The van der Waals surface area contributed by atoms with E-state index in [1.165, 1.54) is 18.9 Å². The Morgan fingerprint density at radius 3 is 2.69 bits per heavy atom. The molecule has 1 aliphatic rings. The maximum Gasteiger partial charge on any atom is 0.319 e. The summed E-state index contributed by atoms with van der Waals surface area (Å²) in [5.74, 6) is -0.230. The number of nitrogens with zero attached hydrogens (tertiary/aromatic N) is 3. The molecule has 152 valence electrons. The molecule has 4 rings (SSSR count). The topological polar surface area (TPSA) is 62.2 Å². The minimum Gasteiger partial charge on any atom is -0.369 e. The Balaban J connectivity index is 1.38. The molecular weight excluding hydrogens is 369 g/mol. The monoisotopic (exact) mass is 395 g/mol. The lowest BCUT2D eigenvalue weighted by atomic mass is 10.1. The highest BCUT2D eigenvalue weighted by molar-refractivity contribution is 6.00. The highest BCUT2D eigenvalue weighted by atomic mass is 19.1. The standard InChI is InChI=1S/C22H26FN5O/c1-27-20-8-6-7-19(17(20)15-25-27)26-22(29)24-14-16-9-10-21(18(23)13-16)28-11-4-2-3-5-12-28/h6-10,13,15H,2-5,11-12,14H2,1H3,(H2,24,26,29). The molecule has 0 saturated carbocycles. The Morgan fingerprint density at radius 2 is 1.93 bits per heavy atom. The zero-order chi connectivity index (χ0) is 20.2. The number of anilines is 2. The fraction of sp³-hybridized carbons (Fsp3) is 0.364. The Labute approximate surface area is 169 Å². The zero-order valence-electron chi connectivity index (χ0n) is 16.6. The van der Waals surface area contributed by atoms with Crippen LogP contribution in [0.5, 0.6) is 0 Å². The minimum atomic E-state index is -0.335. The third-order valence-corrected chi connectivity index (χ3v) is 5.45. The van der Waals surface area contributed by atoms with E-state index in [4.69, 9.17) is 0 Å². The van der Waals surface area contributed by atoms with Crippen molar-refractivity contribution in [1.29, 1.82) is 0 Å². The predicted molar refractivity (Wildman–Crippen MR) is 114 cm³/mol. The molecule has 0 unspecified atom stereocenters. The molecule has 7 heteroatoms. The van der Waals surface area contributed by atoms with Crippen molar-refractivity contribution < 1.29 is 9.18 Å². The van der Waals surface area contributed by atoms with Gasteiger partial charge in [-0.2, -0.15) is 5.10 Å². The molecule has 0 radical (unpaired) electrons. The molecule has 0 bridgehead atoms. The lowest BCUT2D eigenvalue weighted by Gasteiger charge is -2.23. The predicted octanol–water partition coefficient (Wildman–Crippen LogP) is 4.41. The quantitative estimate of drug-likeness (QED) is 0.688. The Hall–Kier alpha value is -3.09. The summed E-state index contributed by atoms with van der Waals surface area (Å²) in [7, 11) is 1.86. The number of nitrogens with one attached hydrogen (secondary N) is 2. The van der Waals surface area contributed by atoms with Gasteiger partial charge in [0.2, 0.25) is 0 Å². The second kappa shape index (κ2) is 8.51. The summed E-state index contributed by atoms with van der Waals surface area (Å²) >= 11 is 0. The zero-order valence-corrected chi connectivity index (χ0v) is 16.6. The van der Waals surface area contributed by atoms with Crippen molar-refractivity contribution in [3.63, 3.8) is 0 Å². The Bertz CT molecular complexity index is 1010. The molecule has 0 aliphatic carbocycles. The third-order valence-electron chi connectivity index (χ3n) is 5.45. The van der Waals surface area contributed by atoms with E-state index in [1.54, 1.807) is 10.9 Å². The van der Waals surface area contributed by atoms with Crippen LogP contribution in [-0.2, 0) is 13.6 Å². The third kappa shape index (κ3) is 4.34. The van der Waals surface area contributed by atoms with Crippen molar-refractivity contribution in [3.05, 3.63) is 54.0 Å². The molecule has 29 heavy (non-hydrogen) atoms. The first-order valence-corrected chi connectivity index (χ1v) is 10.1. The number of halogens is 1. The van der Waals surface area contributed by atoms with Crippen LogP contribution in [0.1, 0.15) is 31.2 Å². The van der Waals surface area contributed by atoms with E-state index in [9.17, 15) is 9.18 Å². The summed E-state index contributed by atoms with van der Waals surface area (Å²) in [6.07, 6.45) is 6.35. The summed E-state index contributed by atoms with van der Waals surface area (Å²) in [6.45, 7) is 2.06. The average Bonchev–Trinajstić information content (AvgIpc) is 2.92. The van der Waals surface area contributed by atoms with Crippen molar-refractivity contribution in [2.75, 3.05) is 23.3 Å². The van der Waals surface area contributed by atoms with E-state index in [0.29, 0.717) is 11.4 Å². The normalized spacial score (nSPS) is 14.6. The number of aryl methyl sites for hydroxylation is 1. The molecule has 2 heterocycles. The van der Waals surface area contributed by atoms with Crippen LogP contribution in [0.3, 0.4) is 0 Å². The number of fused-ring (bicyclic) bond motifs is 1. The summed E-state index contributed by atoms with van der Waals surface area (Å²) in [4.78, 5) is 14.4. The van der Waals surface area contributed by atoms with Gasteiger partial charge >= 0.3 is 6.03 Å². The molecule has 6 nitrogen and oxygen atoms in total. The number of carbonyl (C=O) groups excluding carboxylic acids is 1. The van der Waals surface area contributed by atoms with Gasteiger partial charge in [-0.15, -0.1) is 0 Å². The first-order chi connectivity index (χ1) is 14.1. The van der Waals surface area contributed by atoms with Crippen LogP contribution in [0.25, 0.3) is 10.9 Å². The lowest BCUT2D eigenvalue weighted by molar-refractivity contribution is 0.251. The molecule has 2 N–H and O–H groups in total. The van der Waals surface area contributed by atoms with E-state index >= 15 is 0 Å². The van der Waals surface area contributed by atoms with Gasteiger partial charge in [0, 0.05) is 32.1 Å². The smallest absolute Gasteiger partial charge is 0.319 e. The fourth-order valence-electron chi connectivity index (χ4n) is 3.86. The van der Waals surface area contributed by atoms with E-state index in [0.717, 1.165) is 42.4 Å². The molecule has 0 spiro atoms. The first-order valence-electron chi connectivity index (χ1n) is 10.1. The highest BCUT2D eigenvalue weighted by Crippen LogP contribution is 2.24. The number of hydrogen-bond acceptors (Lipinski definition) is 3. The van der Waals surface area contributed by atoms with Gasteiger partial charge in [-0.25, -0.2) is 9.18 Å². The summed E-state index contributed by atoms with van der Waals surface area (Å²) in [6, 6.07) is 10.5. The van der Waals surface area contributed by atoms with E-state index in [2.05, 4.69) is 20.6 Å². The number of rotatable bonds is 4. The average molecular weight is 395 g/mol. The van der Waals surface area contributed by atoms with Gasteiger partial charge in [0.25, 0.3) is 0 Å². The number of hydrogen-bond donors (Lipinski definition) is 2. The van der Waals surface area contributed by atoms with Crippen LogP contribution in [0.4, 0.5) is 20.6 Å². The van der Waals surface area contributed by atoms with Gasteiger partial charge in [-0.05, 0) is 42.7 Å². The number of amides is 2. The van der Waals surface area contributed by atoms with E-state index in [-0.39, 0.29) is 18.4 Å². The van der Waals surface area contributed by atoms with Crippen LogP contribution >= 0.6 is 0 Å². The maximum absolute atomic E-state index is 14.6. The van der Waals surface area contributed by atoms with Crippen LogP contribution < -0.4 is 15.5 Å². The van der Waals surface area contributed by atoms with E-state index in [1.807, 2.05) is 37.4 Å². The van der Waals surface area contributed by atoms with Crippen molar-refractivity contribution >= 4 is 28.3 Å². The van der Waals surface area contributed by atoms with E-state index < -0.39 is 0 Å². The van der Waals surface area contributed by atoms with Crippen LogP contribution in [0.2, 0.25) is 0 Å². The van der Waals surface area contributed by atoms with Gasteiger partial charge in [-0.1, -0.05) is 25.0 Å². The maximum atomic E-state index is 14.6. The lowest BCUT2D eigenvalue weighted by Crippen LogP contribution is -2.28. The molecule has 1 aromatic heterocycles. The van der Waals surface area contributed by atoms with Gasteiger partial charge < -0.3 is 15.5 Å². The van der Waals surface area contributed by atoms with Crippen LogP contribution in [0.15, 0.2) is 42.6 Å². The Morgan fingerprint density at radius 1 is 1.14 bits per heavy atom. The van der Waals surface area contributed by atoms with Crippen molar-refractivity contribution in [3.8, 4) is 0 Å². The summed E-state index contributed by atoms with van der Waals surface area (Å²) in [5, 5.41) is 10.7. The molecule has 1 fully saturated rings. The van der Waals surface area contributed by atoms with Gasteiger partial charge in [-0.3, -0.25) is 4.68 Å². The molecule has 3 aromatic rings. The number of aromatic nitrogens is 2. The van der Waals surface area contributed by atoms with Gasteiger partial charge in [0.05, 0.1) is 23.1 Å². The molecule has 0 atom stereocenters. The summed E-state index contributed by atoms with van der Waals surface area (Å²) in [5.41, 5.74) is 3.02. The van der Waals surface area contributed by atoms with Crippen molar-refractivity contribution in [2.24, 2.45) is 7.05 Å². The SMILES string of the molecule is Cn1ncc2c(NC(=O)NCc3ccc(N4CCCCCC4)c(F)c3)cccc21. The molecule has 1 aliphatic heterocycles. The van der Waals surface area contributed by atoms with Gasteiger partial charge in [0.15, 0.2) is 0 Å². The molecular formula is C22H26FN5O. The fourth-order valence-corrected chi connectivity index (χ4v) is 3.86. The molecule has 2 aromatic carbocycles. The Kier molecular flexibility index (Phi) is 5.64. The highest BCUT2D eigenvalue weighted by Gasteiger charge is 2.14. The number of carbonyl (C=O) groups is 1. The number of benzene rings is 2. The second-order valence-corrected chi connectivity index (χ2v) is 7.50. The van der Waals surface area contributed by atoms with Crippen LogP contribution in [-0.4, -0.2) is 28.9 Å². The first kappa shape index (κ1) is 19.2. The van der Waals surface area contributed by atoms with Crippen LogP contribution in [0, 0.1) is 5.82 Å².